The quantitative estimate of drug-likeness (QED) is 0.822. The predicted octanol–water partition coefficient (Wildman–Crippen LogP) is 1.88. The van der Waals surface area contributed by atoms with Crippen molar-refractivity contribution in [1.82, 2.24) is 5.32 Å². The van der Waals surface area contributed by atoms with Crippen molar-refractivity contribution in [3.05, 3.63) is 34.9 Å². The maximum atomic E-state index is 11.8. The van der Waals surface area contributed by atoms with Gasteiger partial charge in [0.25, 0.3) is 5.91 Å². The zero-order valence-electron chi connectivity index (χ0n) is 11.5. The molecule has 2 rings (SSSR count). The summed E-state index contributed by atoms with van der Waals surface area (Å²) >= 11 is 5.86. The second-order valence-corrected chi connectivity index (χ2v) is 5.91. The third kappa shape index (κ3) is 4.51. The molecule has 0 heterocycles. The van der Waals surface area contributed by atoms with E-state index in [0.29, 0.717) is 18.5 Å². The van der Waals surface area contributed by atoms with E-state index in [4.69, 9.17) is 11.6 Å². The molecule has 0 spiro atoms. The number of rotatable bonds is 6. The van der Waals surface area contributed by atoms with Gasteiger partial charge in [-0.1, -0.05) is 23.7 Å². The molecule has 1 aliphatic carbocycles. The first kappa shape index (κ1) is 14.4. The second kappa shape index (κ2) is 6.40. The molecular weight excluding hydrogens is 260 g/mol. The minimum Gasteiger partial charge on any atom is -0.348 e. The van der Waals surface area contributed by atoms with Crippen molar-refractivity contribution < 1.29 is 10.1 Å². The predicted molar refractivity (Wildman–Crippen MR) is 77.0 cm³/mol. The van der Waals surface area contributed by atoms with Gasteiger partial charge in [-0.05, 0) is 44.7 Å². The highest BCUT2D eigenvalue weighted by Gasteiger charge is 2.29. The molecule has 1 aliphatic rings. The van der Waals surface area contributed by atoms with Gasteiger partial charge in [0.2, 0.25) is 0 Å². The van der Waals surface area contributed by atoms with E-state index < -0.39 is 0 Å². The molecule has 0 radical (unpaired) electrons. The largest absolute Gasteiger partial charge is 0.348 e. The molecule has 4 heteroatoms. The first-order chi connectivity index (χ1) is 9.06. The molecule has 0 unspecified atom stereocenters. The number of carbonyl (C=O) groups excluding carboxylic acids is 1. The first-order valence-electron chi connectivity index (χ1n) is 6.94. The number of quaternary nitrogens is 1. The lowest BCUT2D eigenvalue weighted by Gasteiger charge is -2.14. The van der Waals surface area contributed by atoms with Crippen molar-refractivity contribution in [2.45, 2.75) is 38.8 Å². The Labute approximate surface area is 119 Å². The molecule has 1 fully saturated rings. The Balaban J connectivity index is 1.74. The number of hydrogen-bond acceptors (Lipinski definition) is 1. The van der Waals surface area contributed by atoms with E-state index in [1.165, 1.54) is 18.4 Å². The van der Waals surface area contributed by atoms with Crippen molar-refractivity contribution in [3.8, 4) is 0 Å². The summed E-state index contributed by atoms with van der Waals surface area (Å²) in [6, 6.07) is 8.38. The average molecular weight is 282 g/mol. The zero-order valence-corrected chi connectivity index (χ0v) is 12.3. The van der Waals surface area contributed by atoms with E-state index in [-0.39, 0.29) is 11.9 Å². The topological polar surface area (TPSA) is 45.7 Å². The number of nitrogens with two attached hydrogens (primary N) is 1. The van der Waals surface area contributed by atoms with Gasteiger partial charge in [-0.25, -0.2) is 0 Å². The van der Waals surface area contributed by atoms with Crippen LogP contribution in [-0.4, -0.2) is 18.5 Å². The Bertz CT molecular complexity index is 428. The standard InChI is InChI=1S/C15H21ClN2O/c1-10(12-5-7-14(16)8-6-12)17-9-15(19)18-11(2)13-3-4-13/h5-8,10-11,13,17H,3-4,9H2,1-2H3,(H,18,19)/p+1/t10-,11-/m0/s1. The van der Waals surface area contributed by atoms with Crippen molar-refractivity contribution in [2.24, 2.45) is 5.92 Å². The van der Waals surface area contributed by atoms with E-state index in [0.717, 1.165) is 5.02 Å². The highest BCUT2D eigenvalue weighted by atomic mass is 35.5. The van der Waals surface area contributed by atoms with Crippen molar-refractivity contribution in [2.75, 3.05) is 6.54 Å². The van der Waals surface area contributed by atoms with Crippen LogP contribution in [0.4, 0.5) is 0 Å². The molecule has 1 amide bonds. The van der Waals surface area contributed by atoms with Crippen LogP contribution in [0.5, 0.6) is 0 Å². The monoisotopic (exact) mass is 281 g/mol. The second-order valence-electron chi connectivity index (χ2n) is 5.47. The molecule has 3 N–H and O–H groups in total. The molecule has 1 aromatic rings. The van der Waals surface area contributed by atoms with E-state index in [2.05, 4.69) is 24.5 Å². The van der Waals surface area contributed by atoms with Crippen molar-refractivity contribution >= 4 is 17.5 Å². The Morgan fingerprint density at radius 1 is 1.37 bits per heavy atom. The fraction of sp³-hybridized carbons (Fsp3) is 0.533. The van der Waals surface area contributed by atoms with Crippen LogP contribution in [0.25, 0.3) is 0 Å². The molecule has 0 aromatic heterocycles. The van der Waals surface area contributed by atoms with Gasteiger partial charge in [0.15, 0.2) is 6.54 Å². The Morgan fingerprint density at radius 3 is 2.58 bits per heavy atom. The van der Waals surface area contributed by atoms with Crippen molar-refractivity contribution in [3.63, 3.8) is 0 Å². The summed E-state index contributed by atoms with van der Waals surface area (Å²) in [4.78, 5) is 11.8. The van der Waals surface area contributed by atoms with Crippen LogP contribution in [0.1, 0.15) is 38.3 Å². The van der Waals surface area contributed by atoms with Gasteiger partial charge in [-0.3, -0.25) is 4.79 Å². The molecule has 0 aliphatic heterocycles. The van der Waals surface area contributed by atoms with Gasteiger partial charge in [0.1, 0.15) is 6.04 Å². The van der Waals surface area contributed by atoms with Crippen LogP contribution in [-0.2, 0) is 4.79 Å². The molecule has 1 aromatic carbocycles. The lowest BCUT2D eigenvalue weighted by atomic mass is 10.1. The van der Waals surface area contributed by atoms with Gasteiger partial charge in [-0.15, -0.1) is 0 Å². The Hall–Kier alpha value is -1.06. The number of nitrogens with one attached hydrogen (secondary N) is 1. The lowest BCUT2D eigenvalue weighted by Crippen LogP contribution is -2.87. The lowest BCUT2D eigenvalue weighted by molar-refractivity contribution is -0.682. The molecule has 19 heavy (non-hydrogen) atoms. The zero-order chi connectivity index (χ0) is 13.8. The van der Waals surface area contributed by atoms with E-state index >= 15 is 0 Å². The average Bonchev–Trinajstić information content (AvgIpc) is 3.21. The Kier molecular flexibility index (Phi) is 4.83. The molecule has 1 saturated carbocycles. The van der Waals surface area contributed by atoms with Crippen LogP contribution >= 0.6 is 11.6 Å². The first-order valence-corrected chi connectivity index (χ1v) is 7.32. The third-order valence-electron chi connectivity index (χ3n) is 3.77. The maximum Gasteiger partial charge on any atom is 0.275 e. The van der Waals surface area contributed by atoms with Gasteiger partial charge >= 0.3 is 0 Å². The van der Waals surface area contributed by atoms with E-state index in [1.807, 2.05) is 24.3 Å². The Morgan fingerprint density at radius 2 is 2.00 bits per heavy atom. The van der Waals surface area contributed by atoms with Crippen LogP contribution in [0.15, 0.2) is 24.3 Å². The fourth-order valence-electron chi connectivity index (χ4n) is 2.21. The SMILES string of the molecule is C[C@H]([NH2+]CC(=O)N[C@@H](C)C1CC1)c1ccc(Cl)cc1. The van der Waals surface area contributed by atoms with Crippen LogP contribution < -0.4 is 10.6 Å². The maximum absolute atomic E-state index is 11.8. The van der Waals surface area contributed by atoms with Gasteiger partial charge in [-0.2, -0.15) is 0 Å². The highest BCUT2D eigenvalue weighted by Crippen LogP contribution is 2.32. The summed E-state index contributed by atoms with van der Waals surface area (Å²) in [6.07, 6.45) is 2.51. The summed E-state index contributed by atoms with van der Waals surface area (Å²) < 4.78 is 0. The van der Waals surface area contributed by atoms with Crippen LogP contribution in [0.3, 0.4) is 0 Å². The fourth-order valence-corrected chi connectivity index (χ4v) is 2.34. The van der Waals surface area contributed by atoms with Gasteiger partial charge in [0, 0.05) is 16.6 Å². The van der Waals surface area contributed by atoms with E-state index in [9.17, 15) is 4.79 Å². The minimum atomic E-state index is 0.125. The summed E-state index contributed by atoms with van der Waals surface area (Å²) in [5.74, 6) is 0.831. The van der Waals surface area contributed by atoms with E-state index in [1.54, 1.807) is 0 Å². The molecule has 0 bridgehead atoms. The summed E-state index contributed by atoms with van der Waals surface area (Å²) in [6.45, 7) is 4.67. The van der Waals surface area contributed by atoms with Gasteiger partial charge in [0.05, 0.1) is 0 Å². The molecule has 0 saturated heterocycles. The third-order valence-corrected chi connectivity index (χ3v) is 4.02. The number of benzene rings is 1. The minimum absolute atomic E-state index is 0.125. The normalized spacial score (nSPS) is 17.8. The number of amides is 1. The molecule has 2 atom stereocenters. The van der Waals surface area contributed by atoms with Crippen LogP contribution in [0, 0.1) is 5.92 Å². The van der Waals surface area contributed by atoms with Crippen molar-refractivity contribution in [1.29, 1.82) is 0 Å². The summed E-state index contributed by atoms with van der Waals surface area (Å²) in [7, 11) is 0. The van der Waals surface area contributed by atoms with Gasteiger partial charge < -0.3 is 10.6 Å². The smallest absolute Gasteiger partial charge is 0.275 e. The molecule has 3 nitrogen and oxygen atoms in total. The molecule has 104 valence electrons. The summed E-state index contributed by atoms with van der Waals surface area (Å²) in [5, 5.41) is 5.86. The number of hydrogen-bond donors (Lipinski definition) is 2. The number of carbonyl (C=O) groups is 1. The highest BCUT2D eigenvalue weighted by molar-refractivity contribution is 6.30. The molecular formula is C15H22ClN2O+. The van der Waals surface area contributed by atoms with Crippen LogP contribution in [0.2, 0.25) is 5.02 Å². The summed E-state index contributed by atoms with van der Waals surface area (Å²) in [5.41, 5.74) is 1.19. The number of halogens is 1.